The summed E-state index contributed by atoms with van der Waals surface area (Å²) in [6.07, 6.45) is 0. The molecule has 0 unspecified atom stereocenters. The van der Waals surface area contributed by atoms with Gasteiger partial charge in [0.15, 0.2) is 0 Å². The van der Waals surface area contributed by atoms with E-state index < -0.39 is 11.0 Å². The molecule has 0 heterocycles. The first-order valence-corrected chi connectivity index (χ1v) is 3.14. The smallest absolute Gasteiger partial charge is 0.257 e. The van der Waals surface area contributed by atoms with Crippen LogP contribution < -0.4 is 0 Å². The van der Waals surface area contributed by atoms with Crippen LogP contribution in [0.5, 0.6) is 0 Å². The van der Waals surface area contributed by atoms with Crippen molar-refractivity contribution in [1.82, 2.24) is 0 Å². The fourth-order valence-electron chi connectivity index (χ4n) is 0.163. The van der Waals surface area contributed by atoms with Gasteiger partial charge in [-0.25, -0.2) is 8.42 Å². The van der Waals surface area contributed by atoms with Gasteiger partial charge in [0.2, 0.25) is 0 Å². The predicted molar refractivity (Wildman–Crippen MR) is 31.1 cm³/mol. The molecule has 0 radical (unpaired) electrons. The first-order valence-electron chi connectivity index (χ1n) is 2.04. The van der Waals surface area contributed by atoms with Crippen LogP contribution in [0.2, 0.25) is 0 Å². The van der Waals surface area contributed by atoms with E-state index in [4.69, 9.17) is 0 Å². The fraction of sp³-hybridized carbons (Fsp3) is 0.500. The van der Waals surface area contributed by atoms with Crippen LogP contribution in [0.1, 0.15) is 6.92 Å². The van der Waals surface area contributed by atoms with Crippen molar-refractivity contribution in [1.29, 1.82) is 0 Å². The van der Waals surface area contributed by atoms with Crippen molar-refractivity contribution in [3.63, 3.8) is 0 Å². The molecule has 0 aromatic rings. The van der Waals surface area contributed by atoms with E-state index in [1.165, 1.54) is 0 Å². The molecule has 0 atom stereocenters. The number of thiol groups is 1. The van der Waals surface area contributed by atoms with Gasteiger partial charge in [-0.2, -0.15) is 0 Å². The molecule has 0 saturated carbocycles. The molecule has 0 aromatic carbocycles. The lowest BCUT2D eigenvalue weighted by atomic mass is 10.4. The fourth-order valence-corrected chi connectivity index (χ4v) is 0.489. The maximum Gasteiger partial charge on any atom is 0.257 e. The summed E-state index contributed by atoms with van der Waals surface area (Å²) in [5.41, 5.74) is 0.698. The zero-order valence-corrected chi connectivity index (χ0v) is 5.48. The molecule has 0 aliphatic heterocycles. The van der Waals surface area contributed by atoms with Crippen LogP contribution in [-0.4, -0.2) is 15.0 Å². The molecule has 0 aliphatic rings. The normalized spacial score (nSPS) is 9.75. The van der Waals surface area contributed by atoms with Gasteiger partial charge in [-0.15, -0.1) is 0 Å². The Morgan fingerprint density at radius 2 is 2.25 bits per heavy atom. The second kappa shape index (κ2) is 3.63. The molecule has 0 saturated heterocycles. The van der Waals surface area contributed by atoms with E-state index in [-0.39, 0.29) is 6.61 Å². The van der Waals surface area contributed by atoms with Crippen molar-refractivity contribution in [3.05, 3.63) is 12.2 Å². The van der Waals surface area contributed by atoms with Crippen molar-refractivity contribution in [2.45, 2.75) is 6.92 Å². The van der Waals surface area contributed by atoms with Gasteiger partial charge in [0.05, 0.1) is 6.61 Å². The standard InChI is InChI=1S/C4H8O3S/c1-4(2)3-7-8(5)6/h8H,1,3H2,2H3. The minimum Gasteiger partial charge on any atom is -0.268 e. The van der Waals surface area contributed by atoms with Gasteiger partial charge in [0.1, 0.15) is 0 Å². The molecular weight excluding hydrogens is 128 g/mol. The second-order valence-electron chi connectivity index (χ2n) is 1.45. The van der Waals surface area contributed by atoms with Crippen molar-refractivity contribution in [2.75, 3.05) is 6.61 Å². The lowest BCUT2D eigenvalue weighted by molar-refractivity contribution is 0.366. The van der Waals surface area contributed by atoms with E-state index in [0.717, 1.165) is 0 Å². The highest BCUT2D eigenvalue weighted by Crippen LogP contribution is 1.86. The van der Waals surface area contributed by atoms with Gasteiger partial charge in [0.25, 0.3) is 11.0 Å². The first kappa shape index (κ1) is 7.65. The Bertz CT molecular complexity index is 139. The van der Waals surface area contributed by atoms with E-state index >= 15 is 0 Å². The molecule has 3 nitrogen and oxygen atoms in total. The average Bonchev–Trinajstić information content (AvgIpc) is 1.61. The molecule has 0 bridgehead atoms. The second-order valence-corrected chi connectivity index (χ2v) is 2.16. The Labute approximate surface area is 50.1 Å². The van der Waals surface area contributed by atoms with E-state index in [9.17, 15) is 8.42 Å². The highest BCUT2D eigenvalue weighted by molar-refractivity contribution is 7.67. The monoisotopic (exact) mass is 136 g/mol. The van der Waals surface area contributed by atoms with Gasteiger partial charge >= 0.3 is 0 Å². The third-order valence-electron chi connectivity index (χ3n) is 0.416. The van der Waals surface area contributed by atoms with Crippen molar-refractivity contribution in [3.8, 4) is 0 Å². The number of hydrogen-bond donors (Lipinski definition) is 1. The Balaban J connectivity index is 3.32. The number of rotatable bonds is 3. The largest absolute Gasteiger partial charge is 0.268 e. The minimum absolute atomic E-state index is 0.0959. The summed E-state index contributed by atoms with van der Waals surface area (Å²) in [4.78, 5) is 0. The maximum absolute atomic E-state index is 9.68. The average molecular weight is 136 g/mol. The molecule has 0 aromatic heterocycles. The molecule has 48 valence electrons. The highest BCUT2D eigenvalue weighted by atomic mass is 32.2. The Kier molecular flexibility index (Phi) is 3.47. The van der Waals surface area contributed by atoms with Crippen molar-refractivity contribution < 1.29 is 12.6 Å². The highest BCUT2D eigenvalue weighted by Gasteiger charge is 1.84. The third kappa shape index (κ3) is 5.65. The molecule has 0 N–H and O–H groups in total. The minimum atomic E-state index is -2.69. The lowest BCUT2D eigenvalue weighted by Crippen LogP contribution is -1.91. The molecule has 0 fully saturated rings. The summed E-state index contributed by atoms with van der Waals surface area (Å²) >= 11 is 0. The summed E-state index contributed by atoms with van der Waals surface area (Å²) in [5, 5.41) is 0. The third-order valence-corrected chi connectivity index (χ3v) is 0.756. The molecule has 8 heavy (non-hydrogen) atoms. The summed E-state index contributed by atoms with van der Waals surface area (Å²) in [6.45, 7) is 5.22. The van der Waals surface area contributed by atoms with Crippen molar-refractivity contribution in [2.24, 2.45) is 0 Å². The molecular formula is C4H8O3S. The van der Waals surface area contributed by atoms with E-state index in [0.29, 0.717) is 5.57 Å². The Hall–Kier alpha value is -0.350. The Morgan fingerprint density at radius 1 is 1.75 bits per heavy atom. The van der Waals surface area contributed by atoms with Gasteiger partial charge in [-0.05, 0) is 6.92 Å². The zero-order chi connectivity index (χ0) is 6.57. The van der Waals surface area contributed by atoms with E-state index in [2.05, 4.69) is 10.8 Å². The predicted octanol–water partition coefficient (Wildman–Crippen LogP) is 0.106. The maximum atomic E-state index is 9.68. The van der Waals surface area contributed by atoms with Crippen LogP contribution in [-0.2, 0) is 15.2 Å². The van der Waals surface area contributed by atoms with Gasteiger partial charge in [-0.3, -0.25) is 4.18 Å². The van der Waals surface area contributed by atoms with Crippen LogP contribution in [0, 0.1) is 0 Å². The van der Waals surface area contributed by atoms with Crippen LogP contribution in [0.25, 0.3) is 0 Å². The molecule has 4 heteroatoms. The van der Waals surface area contributed by atoms with Crippen molar-refractivity contribution >= 4 is 11.0 Å². The summed E-state index contributed by atoms with van der Waals surface area (Å²) in [7, 11) is -2.69. The van der Waals surface area contributed by atoms with E-state index in [1.807, 2.05) is 0 Å². The summed E-state index contributed by atoms with van der Waals surface area (Å²) < 4.78 is 23.5. The van der Waals surface area contributed by atoms with Gasteiger partial charge in [-0.1, -0.05) is 12.2 Å². The lowest BCUT2D eigenvalue weighted by Gasteiger charge is -1.90. The van der Waals surface area contributed by atoms with Crippen LogP contribution in [0.3, 0.4) is 0 Å². The summed E-state index contributed by atoms with van der Waals surface area (Å²) in [6, 6.07) is 0. The number of hydrogen-bond acceptors (Lipinski definition) is 3. The van der Waals surface area contributed by atoms with Crippen LogP contribution in [0.15, 0.2) is 12.2 Å². The molecule has 0 rings (SSSR count). The topological polar surface area (TPSA) is 43.4 Å². The van der Waals surface area contributed by atoms with Gasteiger partial charge in [0, 0.05) is 0 Å². The van der Waals surface area contributed by atoms with Crippen LogP contribution in [0.4, 0.5) is 0 Å². The van der Waals surface area contributed by atoms with Gasteiger partial charge < -0.3 is 0 Å². The van der Waals surface area contributed by atoms with Crippen LogP contribution >= 0.6 is 0 Å². The quantitative estimate of drug-likeness (QED) is 0.442. The van der Waals surface area contributed by atoms with E-state index in [1.54, 1.807) is 6.92 Å². The molecule has 0 spiro atoms. The molecule has 0 amide bonds. The molecule has 0 aliphatic carbocycles. The zero-order valence-electron chi connectivity index (χ0n) is 4.59. The SMILES string of the molecule is C=C(C)CO[SH](=O)=O. The summed E-state index contributed by atoms with van der Waals surface area (Å²) in [5.74, 6) is 0. The Morgan fingerprint density at radius 3 is 2.38 bits per heavy atom. The first-order chi connectivity index (χ1) is 3.63.